The second kappa shape index (κ2) is 7.25. The maximum absolute atomic E-state index is 12.5. The van der Waals surface area contributed by atoms with E-state index in [2.05, 4.69) is 10.3 Å². The van der Waals surface area contributed by atoms with Gasteiger partial charge in [-0.3, -0.25) is 9.59 Å². The molecule has 5 nitrogen and oxygen atoms in total. The van der Waals surface area contributed by atoms with Crippen molar-refractivity contribution in [2.24, 2.45) is 0 Å². The zero-order valence-corrected chi connectivity index (χ0v) is 15.6. The first kappa shape index (κ1) is 18.1. The zero-order valence-electron chi connectivity index (χ0n) is 12.5. The molecule has 0 fully saturated rings. The van der Waals surface area contributed by atoms with Gasteiger partial charge in [0.2, 0.25) is 0 Å². The molecule has 1 amide bonds. The van der Waals surface area contributed by atoms with Crippen LogP contribution in [-0.4, -0.2) is 22.0 Å². The number of hydrogen-bond donors (Lipinski definition) is 3. The molecule has 3 aromatic rings. The fourth-order valence-corrected chi connectivity index (χ4v) is 4.14. The first-order chi connectivity index (χ1) is 11.8. The van der Waals surface area contributed by atoms with Gasteiger partial charge in [-0.05, 0) is 35.9 Å². The summed E-state index contributed by atoms with van der Waals surface area (Å²) in [6, 6.07) is 7.32. The van der Waals surface area contributed by atoms with Crippen LogP contribution >= 0.6 is 46.1 Å². The fraction of sp³-hybridized carbons (Fsp3) is 0.125. The topological polar surface area (TPSA) is 82.2 Å². The van der Waals surface area contributed by atoms with Gasteiger partial charge < -0.3 is 15.4 Å². The fourth-order valence-electron chi connectivity index (χ4n) is 2.45. The Kier molecular flexibility index (Phi) is 5.24. The molecule has 130 valence electrons. The molecule has 0 radical (unpaired) electrons. The van der Waals surface area contributed by atoms with Gasteiger partial charge in [0, 0.05) is 10.0 Å². The summed E-state index contributed by atoms with van der Waals surface area (Å²) in [4.78, 5) is 26.6. The molecule has 0 saturated heterocycles. The van der Waals surface area contributed by atoms with Crippen molar-refractivity contribution in [2.45, 2.75) is 12.5 Å². The lowest BCUT2D eigenvalue weighted by atomic mass is 10.0. The number of nitrogens with one attached hydrogen (secondary N) is 2. The Labute approximate surface area is 161 Å². The van der Waals surface area contributed by atoms with Crippen LogP contribution < -0.4 is 5.32 Å². The third-order valence-corrected chi connectivity index (χ3v) is 5.14. The second-order valence-electron chi connectivity index (χ2n) is 5.34. The number of carboxylic acids is 1. The second-order valence-corrected chi connectivity index (χ2v) is 7.93. The van der Waals surface area contributed by atoms with Crippen molar-refractivity contribution in [3.63, 3.8) is 0 Å². The number of carbonyl (C=O) groups excluding carboxylic acids is 1. The third kappa shape index (κ3) is 4.27. The van der Waals surface area contributed by atoms with Gasteiger partial charge in [0.15, 0.2) is 0 Å². The minimum atomic E-state index is -1.05. The molecule has 3 rings (SSSR count). The number of aromatic amines is 1. The first-order valence-electron chi connectivity index (χ1n) is 7.08. The van der Waals surface area contributed by atoms with Gasteiger partial charge in [-0.15, -0.1) is 11.3 Å². The molecule has 9 heteroatoms. The highest BCUT2D eigenvalue weighted by Crippen LogP contribution is 2.30. The van der Waals surface area contributed by atoms with Crippen molar-refractivity contribution in [1.82, 2.24) is 10.3 Å². The van der Waals surface area contributed by atoms with Gasteiger partial charge in [0.05, 0.1) is 27.0 Å². The van der Waals surface area contributed by atoms with Crippen molar-refractivity contribution in [1.29, 1.82) is 0 Å². The molecule has 25 heavy (non-hydrogen) atoms. The van der Waals surface area contributed by atoms with E-state index in [1.165, 1.54) is 17.4 Å². The molecular formula is C16H11Cl3N2O3S. The largest absolute Gasteiger partial charge is 0.481 e. The van der Waals surface area contributed by atoms with E-state index in [0.29, 0.717) is 25.6 Å². The van der Waals surface area contributed by atoms with Crippen molar-refractivity contribution in [2.75, 3.05) is 0 Å². The minimum Gasteiger partial charge on any atom is -0.481 e. The quantitative estimate of drug-likeness (QED) is 0.538. The van der Waals surface area contributed by atoms with Gasteiger partial charge in [0.1, 0.15) is 5.69 Å². The molecule has 0 unspecified atom stereocenters. The molecule has 0 saturated carbocycles. The van der Waals surface area contributed by atoms with Crippen LogP contribution in [0.1, 0.15) is 28.5 Å². The van der Waals surface area contributed by atoms with Crippen molar-refractivity contribution < 1.29 is 14.7 Å². The van der Waals surface area contributed by atoms with Crippen LogP contribution in [0.2, 0.25) is 14.4 Å². The molecule has 1 aromatic carbocycles. The standard InChI is InChI=1S/C16H11Cl3N2O3S/c17-8-1-7(2-9(18)3-8)10(6-15(22)23)21-16(24)12-4-13-11(20-12)5-14(19)25-13/h1-5,10,20H,6H2,(H,21,24)(H,22,23)/t10-/m0/s1. The number of carbonyl (C=O) groups is 2. The van der Waals surface area contributed by atoms with Gasteiger partial charge in [0.25, 0.3) is 5.91 Å². The summed E-state index contributed by atoms with van der Waals surface area (Å²) < 4.78 is 1.46. The van der Waals surface area contributed by atoms with E-state index in [0.717, 1.165) is 10.2 Å². The number of fused-ring (bicyclic) bond motifs is 1. The van der Waals surface area contributed by atoms with Gasteiger partial charge in [-0.2, -0.15) is 0 Å². The number of aliphatic carboxylic acids is 1. The van der Waals surface area contributed by atoms with Crippen LogP contribution in [0.4, 0.5) is 0 Å². The van der Waals surface area contributed by atoms with E-state index in [-0.39, 0.29) is 6.42 Å². The van der Waals surface area contributed by atoms with E-state index < -0.39 is 17.9 Å². The highest BCUT2D eigenvalue weighted by Gasteiger charge is 2.21. The maximum Gasteiger partial charge on any atom is 0.305 e. The van der Waals surface area contributed by atoms with Crippen LogP contribution in [0.15, 0.2) is 30.3 Å². The zero-order chi connectivity index (χ0) is 18.1. The van der Waals surface area contributed by atoms with Crippen molar-refractivity contribution >= 4 is 68.2 Å². The van der Waals surface area contributed by atoms with Gasteiger partial charge >= 0.3 is 5.97 Å². The summed E-state index contributed by atoms with van der Waals surface area (Å²) in [5.41, 5.74) is 1.59. The molecule has 0 aliphatic heterocycles. The summed E-state index contributed by atoms with van der Waals surface area (Å²) in [5.74, 6) is -1.48. The molecule has 0 bridgehead atoms. The van der Waals surface area contributed by atoms with Crippen LogP contribution in [0, 0.1) is 0 Å². The highest BCUT2D eigenvalue weighted by atomic mass is 35.5. The Hall–Kier alpha value is -1.73. The van der Waals surface area contributed by atoms with E-state index in [1.54, 1.807) is 24.3 Å². The number of carboxylic acid groups (broad SMARTS) is 1. The number of aromatic nitrogens is 1. The summed E-state index contributed by atoms with van der Waals surface area (Å²) in [7, 11) is 0. The minimum absolute atomic E-state index is 0.302. The van der Waals surface area contributed by atoms with E-state index >= 15 is 0 Å². The van der Waals surface area contributed by atoms with Crippen molar-refractivity contribution in [3.8, 4) is 0 Å². The Bertz CT molecular complexity index is 915. The Morgan fingerprint density at radius 1 is 1.12 bits per heavy atom. The predicted octanol–water partition coefficient (Wildman–Crippen LogP) is 5.14. The number of hydrogen-bond acceptors (Lipinski definition) is 3. The molecule has 0 aliphatic carbocycles. The average Bonchev–Trinajstić information content (AvgIpc) is 3.02. The predicted molar refractivity (Wildman–Crippen MR) is 100 cm³/mol. The van der Waals surface area contributed by atoms with E-state index in [4.69, 9.17) is 39.9 Å². The Balaban J connectivity index is 1.87. The third-order valence-electron chi connectivity index (χ3n) is 3.49. The Morgan fingerprint density at radius 3 is 2.40 bits per heavy atom. The average molecular weight is 418 g/mol. The number of halogens is 3. The van der Waals surface area contributed by atoms with E-state index in [9.17, 15) is 9.59 Å². The number of thiophene rings is 1. The molecule has 2 heterocycles. The van der Waals surface area contributed by atoms with Crippen molar-refractivity contribution in [3.05, 3.63) is 56.0 Å². The smallest absolute Gasteiger partial charge is 0.305 e. The lowest BCUT2D eigenvalue weighted by Crippen LogP contribution is -2.30. The number of benzene rings is 1. The molecule has 3 N–H and O–H groups in total. The number of amides is 1. The van der Waals surface area contributed by atoms with Gasteiger partial charge in [-0.25, -0.2) is 0 Å². The summed E-state index contributed by atoms with van der Waals surface area (Å²) in [6.45, 7) is 0. The van der Waals surface area contributed by atoms with Crippen LogP contribution in [-0.2, 0) is 4.79 Å². The Morgan fingerprint density at radius 2 is 1.80 bits per heavy atom. The van der Waals surface area contributed by atoms with Crippen LogP contribution in [0.25, 0.3) is 10.2 Å². The summed E-state index contributed by atoms with van der Waals surface area (Å²) in [5, 5.41) is 12.6. The van der Waals surface area contributed by atoms with Crippen LogP contribution in [0.3, 0.4) is 0 Å². The summed E-state index contributed by atoms with van der Waals surface area (Å²) >= 11 is 19.2. The molecular weight excluding hydrogens is 407 g/mol. The summed E-state index contributed by atoms with van der Waals surface area (Å²) in [6.07, 6.45) is -0.302. The first-order valence-corrected chi connectivity index (χ1v) is 9.03. The lowest BCUT2D eigenvalue weighted by molar-refractivity contribution is -0.137. The molecule has 0 aliphatic rings. The normalized spacial score (nSPS) is 12.3. The molecule has 0 spiro atoms. The molecule has 2 aromatic heterocycles. The SMILES string of the molecule is O=C(O)C[C@H](NC(=O)c1cc2sc(Cl)cc2[nH]1)c1cc(Cl)cc(Cl)c1. The number of H-pyrrole nitrogens is 1. The lowest BCUT2D eigenvalue weighted by Gasteiger charge is -2.17. The van der Waals surface area contributed by atoms with Crippen LogP contribution in [0.5, 0.6) is 0 Å². The van der Waals surface area contributed by atoms with Gasteiger partial charge in [-0.1, -0.05) is 34.8 Å². The monoisotopic (exact) mass is 416 g/mol. The number of rotatable bonds is 5. The maximum atomic E-state index is 12.5. The highest BCUT2D eigenvalue weighted by molar-refractivity contribution is 7.22. The van der Waals surface area contributed by atoms with E-state index in [1.807, 2.05) is 0 Å². The molecule has 1 atom stereocenters.